The third-order valence-corrected chi connectivity index (χ3v) is 1.56. The molecule has 1 rings (SSSR count). The Balaban J connectivity index is 2.90. The van der Waals surface area contributed by atoms with E-state index in [0.29, 0.717) is 11.8 Å². The topological polar surface area (TPSA) is 40.1 Å². The maximum Gasteiger partial charge on any atom is 0.184 e. The summed E-state index contributed by atoms with van der Waals surface area (Å²) in [7, 11) is 0. The van der Waals surface area contributed by atoms with Crippen molar-refractivity contribution in [2.75, 3.05) is 0 Å². The van der Waals surface area contributed by atoms with Crippen LogP contribution in [0.15, 0.2) is 36.6 Å². The summed E-state index contributed by atoms with van der Waals surface area (Å²) in [4.78, 5) is 11.1. The van der Waals surface area contributed by atoms with Gasteiger partial charge in [-0.1, -0.05) is 29.8 Å². The molecular formula is C10H9O2-. The lowest BCUT2D eigenvalue weighted by atomic mass is 10.1. The molecule has 0 radical (unpaired) electrons. The summed E-state index contributed by atoms with van der Waals surface area (Å²) in [6.07, 6.45) is 1.52. The molecule has 0 aliphatic heterocycles. The first-order valence-corrected chi connectivity index (χ1v) is 3.63. The molecule has 0 N–H and O–H groups in total. The molecule has 0 unspecified atom stereocenters. The number of carbonyl (C=O) groups is 1. The largest absolute Gasteiger partial charge is 0.878 e. The molecule has 2 nitrogen and oxygen atoms in total. The van der Waals surface area contributed by atoms with Crippen LogP contribution in [0.3, 0.4) is 0 Å². The Morgan fingerprint density at radius 1 is 1.33 bits per heavy atom. The van der Waals surface area contributed by atoms with Gasteiger partial charge in [-0.25, -0.2) is 0 Å². The van der Waals surface area contributed by atoms with E-state index >= 15 is 0 Å². The van der Waals surface area contributed by atoms with Crippen molar-refractivity contribution in [3.05, 3.63) is 47.7 Å². The fourth-order valence-electron chi connectivity index (χ4n) is 0.876. The molecule has 0 spiro atoms. The Morgan fingerprint density at radius 2 is 1.92 bits per heavy atom. The molecule has 62 valence electrons. The molecule has 2 heteroatoms. The molecule has 0 amide bonds. The fourth-order valence-corrected chi connectivity index (χ4v) is 0.876. The van der Waals surface area contributed by atoms with E-state index in [9.17, 15) is 9.90 Å². The van der Waals surface area contributed by atoms with Gasteiger partial charge in [-0.3, -0.25) is 4.79 Å². The maximum atomic E-state index is 11.1. The molecule has 1 aromatic carbocycles. The number of ketones is 1. The third-order valence-electron chi connectivity index (χ3n) is 1.56. The molecule has 0 fully saturated rings. The van der Waals surface area contributed by atoms with Gasteiger partial charge in [0.05, 0.1) is 0 Å². The Hall–Kier alpha value is -1.57. The lowest BCUT2D eigenvalue weighted by Gasteiger charge is -1.96. The van der Waals surface area contributed by atoms with Gasteiger partial charge in [0.2, 0.25) is 0 Å². The zero-order valence-corrected chi connectivity index (χ0v) is 6.78. The Bertz CT molecular complexity index is 296. The zero-order chi connectivity index (χ0) is 8.97. The zero-order valence-electron chi connectivity index (χ0n) is 6.78. The van der Waals surface area contributed by atoms with Crippen molar-refractivity contribution in [1.82, 2.24) is 0 Å². The van der Waals surface area contributed by atoms with Crippen LogP contribution in [-0.4, -0.2) is 5.78 Å². The van der Waals surface area contributed by atoms with Crippen molar-refractivity contribution in [2.24, 2.45) is 0 Å². The molecule has 0 atom stereocenters. The summed E-state index contributed by atoms with van der Waals surface area (Å²) in [5, 5.41) is 9.98. The van der Waals surface area contributed by atoms with Crippen LogP contribution in [0.1, 0.15) is 15.9 Å². The number of rotatable bonds is 2. The predicted molar refractivity (Wildman–Crippen MR) is 44.6 cm³/mol. The van der Waals surface area contributed by atoms with Crippen LogP contribution < -0.4 is 5.11 Å². The summed E-state index contributed by atoms with van der Waals surface area (Å²) in [6, 6.07) is 7.09. The molecule has 0 saturated heterocycles. The highest BCUT2D eigenvalue weighted by Crippen LogP contribution is 2.03. The smallest absolute Gasteiger partial charge is 0.184 e. The summed E-state index contributed by atoms with van der Waals surface area (Å²) in [5.74, 6) is -0.245. The Morgan fingerprint density at radius 3 is 2.42 bits per heavy atom. The Kier molecular flexibility index (Phi) is 2.64. The van der Waals surface area contributed by atoms with Gasteiger partial charge in [0.15, 0.2) is 5.78 Å². The van der Waals surface area contributed by atoms with Crippen LogP contribution in [0.4, 0.5) is 0 Å². The fraction of sp³-hybridized carbons (Fsp3) is 0.100. The van der Waals surface area contributed by atoms with E-state index in [4.69, 9.17) is 0 Å². The molecule has 0 saturated carbocycles. The minimum Gasteiger partial charge on any atom is -0.878 e. The molecule has 0 aromatic heterocycles. The van der Waals surface area contributed by atoms with Gasteiger partial charge in [-0.15, -0.1) is 6.26 Å². The first-order chi connectivity index (χ1) is 5.74. The van der Waals surface area contributed by atoms with Crippen molar-refractivity contribution in [3.63, 3.8) is 0 Å². The highest BCUT2D eigenvalue weighted by atomic mass is 16.2. The second kappa shape index (κ2) is 3.72. The van der Waals surface area contributed by atoms with Gasteiger partial charge in [-0.05, 0) is 13.0 Å². The van der Waals surface area contributed by atoms with Crippen LogP contribution >= 0.6 is 0 Å². The normalized spacial score (nSPS) is 10.4. The van der Waals surface area contributed by atoms with E-state index < -0.39 is 0 Å². The van der Waals surface area contributed by atoms with E-state index in [1.165, 1.54) is 0 Å². The van der Waals surface area contributed by atoms with Crippen LogP contribution in [0.2, 0.25) is 0 Å². The molecule has 12 heavy (non-hydrogen) atoms. The van der Waals surface area contributed by atoms with Gasteiger partial charge < -0.3 is 5.11 Å². The van der Waals surface area contributed by atoms with E-state index in [1.807, 2.05) is 19.1 Å². The lowest BCUT2D eigenvalue weighted by molar-refractivity contribution is -0.274. The van der Waals surface area contributed by atoms with Gasteiger partial charge in [0.1, 0.15) is 0 Å². The van der Waals surface area contributed by atoms with Crippen molar-refractivity contribution in [3.8, 4) is 0 Å². The number of benzene rings is 1. The Labute approximate surface area is 71.2 Å². The molecule has 0 heterocycles. The molecule has 0 aliphatic carbocycles. The molecular weight excluding hydrogens is 152 g/mol. The van der Waals surface area contributed by atoms with Crippen LogP contribution in [-0.2, 0) is 0 Å². The third kappa shape index (κ3) is 1.95. The molecule has 0 bridgehead atoms. The summed E-state index contributed by atoms with van der Waals surface area (Å²) >= 11 is 0. The summed E-state index contributed by atoms with van der Waals surface area (Å²) in [6.45, 7) is 1.94. The summed E-state index contributed by atoms with van der Waals surface area (Å²) < 4.78 is 0. The number of carbonyl (C=O) groups excluding carboxylic acids is 1. The molecule has 1 aromatic rings. The average molecular weight is 161 g/mol. The van der Waals surface area contributed by atoms with Gasteiger partial charge in [0, 0.05) is 5.56 Å². The lowest BCUT2D eigenvalue weighted by Crippen LogP contribution is -1.96. The van der Waals surface area contributed by atoms with Crippen molar-refractivity contribution in [1.29, 1.82) is 0 Å². The number of aryl methyl sites for hydroxylation is 1. The second-order valence-electron chi connectivity index (χ2n) is 2.53. The van der Waals surface area contributed by atoms with E-state index in [0.717, 1.165) is 11.6 Å². The van der Waals surface area contributed by atoms with Crippen molar-refractivity contribution in [2.45, 2.75) is 6.92 Å². The first-order valence-electron chi connectivity index (χ1n) is 3.63. The highest BCUT2D eigenvalue weighted by Gasteiger charge is 1.97. The average Bonchev–Trinajstić information content (AvgIpc) is 2.06. The molecule has 0 aliphatic rings. The SMILES string of the molecule is Cc1ccc(C(=O)/C=C/[O-])cc1. The van der Waals surface area contributed by atoms with E-state index in [-0.39, 0.29) is 5.78 Å². The summed E-state index contributed by atoms with van der Waals surface area (Å²) in [5.41, 5.74) is 1.64. The number of hydrogen-bond donors (Lipinski definition) is 0. The first kappa shape index (κ1) is 8.53. The highest BCUT2D eigenvalue weighted by molar-refractivity contribution is 6.04. The maximum absolute atomic E-state index is 11.1. The predicted octanol–water partition coefficient (Wildman–Crippen LogP) is 1.05. The minimum atomic E-state index is -0.245. The monoisotopic (exact) mass is 161 g/mol. The minimum absolute atomic E-state index is 0.245. The quantitative estimate of drug-likeness (QED) is 0.369. The second-order valence-corrected chi connectivity index (χ2v) is 2.53. The van der Waals surface area contributed by atoms with Crippen LogP contribution in [0.25, 0.3) is 0 Å². The van der Waals surface area contributed by atoms with Crippen LogP contribution in [0.5, 0.6) is 0 Å². The number of allylic oxidation sites excluding steroid dienone is 1. The van der Waals surface area contributed by atoms with Crippen molar-refractivity contribution >= 4 is 5.78 Å². The number of hydrogen-bond acceptors (Lipinski definition) is 2. The van der Waals surface area contributed by atoms with Gasteiger partial charge in [-0.2, -0.15) is 0 Å². The van der Waals surface area contributed by atoms with E-state index in [2.05, 4.69) is 0 Å². The van der Waals surface area contributed by atoms with Crippen LogP contribution in [0, 0.1) is 6.92 Å². The van der Waals surface area contributed by atoms with Gasteiger partial charge >= 0.3 is 0 Å². The standard InChI is InChI=1S/C10H10O2/c1-8-2-4-9(5-3-8)10(12)6-7-11/h2-7,11H,1H3/p-1/b7-6+. The van der Waals surface area contributed by atoms with Crippen molar-refractivity contribution < 1.29 is 9.90 Å². The van der Waals surface area contributed by atoms with E-state index in [1.54, 1.807) is 12.1 Å². The van der Waals surface area contributed by atoms with Gasteiger partial charge in [0.25, 0.3) is 0 Å².